The molecule has 0 spiro atoms. The SMILES string of the molecule is COc1ccc(-n2ncc(C(=O)NC[C@H]3CCCN4CCCC[C@@H]34)c2C)cc1. The second kappa shape index (κ2) is 8.35. The Morgan fingerprint density at radius 1 is 1.18 bits per heavy atom. The van der Waals surface area contributed by atoms with Crippen LogP contribution in [0.25, 0.3) is 5.69 Å². The number of carbonyl (C=O) groups excluding carboxylic acids is 1. The first kappa shape index (κ1) is 19.0. The van der Waals surface area contributed by atoms with Gasteiger partial charge in [0.15, 0.2) is 0 Å². The van der Waals surface area contributed by atoms with Crippen LogP contribution in [0.1, 0.15) is 48.2 Å². The van der Waals surface area contributed by atoms with Gasteiger partial charge in [0, 0.05) is 12.6 Å². The van der Waals surface area contributed by atoms with Crippen LogP contribution >= 0.6 is 0 Å². The fraction of sp³-hybridized carbons (Fsp3) is 0.545. The maximum atomic E-state index is 12.8. The molecule has 0 saturated carbocycles. The van der Waals surface area contributed by atoms with E-state index < -0.39 is 0 Å². The van der Waals surface area contributed by atoms with Gasteiger partial charge in [0.05, 0.1) is 30.3 Å². The average Bonchev–Trinajstić information content (AvgIpc) is 3.13. The number of hydrogen-bond donors (Lipinski definition) is 1. The Hall–Kier alpha value is -2.34. The Labute approximate surface area is 166 Å². The number of hydrogen-bond acceptors (Lipinski definition) is 4. The number of fused-ring (bicyclic) bond motifs is 1. The third-order valence-corrected chi connectivity index (χ3v) is 6.32. The Morgan fingerprint density at radius 2 is 1.96 bits per heavy atom. The lowest BCUT2D eigenvalue weighted by Crippen LogP contribution is -2.51. The number of ether oxygens (including phenoxy) is 1. The number of methoxy groups -OCH3 is 1. The van der Waals surface area contributed by atoms with E-state index in [-0.39, 0.29) is 5.91 Å². The van der Waals surface area contributed by atoms with E-state index in [9.17, 15) is 4.79 Å². The van der Waals surface area contributed by atoms with Gasteiger partial charge in [0.25, 0.3) is 5.91 Å². The average molecular weight is 383 g/mol. The van der Waals surface area contributed by atoms with Crippen LogP contribution in [0.15, 0.2) is 30.5 Å². The van der Waals surface area contributed by atoms with Crippen LogP contribution < -0.4 is 10.1 Å². The first-order chi connectivity index (χ1) is 13.7. The lowest BCUT2D eigenvalue weighted by atomic mass is 9.83. The second-order valence-corrected chi connectivity index (χ2v) is 7.96. The Morgan fingerprint density at radius 3 is 2.75 bits per heavy atom. The Bertz CT molecular complexity index is 812. The number of nitrogens with zero attached hydrogens (tertiary/aromatic N) is 3. The molecule has 0 radical (unpaired) electrons. The molecule has 1 amide bonds. The summed E-state index contributed by atoms with van der Waals surface area (Å²) >= 11 is 0. The third-order valence-electron chi connectivity index (χ3n) is 6.32. The van der Waals surface area contributed by atoms with E-state index in [1.807, 2.05) is 31.2 Å². The molecule has 3 heterocycles. The van der Waals surface area contributed by atoms with Gasteiger partial charge in [0.1, 0.15) is 5.75 Å². The van der Waals surface area contributed by atoms with Crippen LogP contribution in [0.4, 0.5) is 0 Å². The van der Waals surface area contributed by atoms with E-state index in [4.69, 9.17) is 4.74 Å². The van der Waals surface area contributed by atoms with Crippen molar-refractivity contribution in [2.24, 2.45) is 5.92 Å². The zero-order valence-electron chi connectivity index (χ0n) is 16.9. The summed E-state index contributed by atoms with van der Waals surface area (Å²) in [6, 6.07) is 8.33. The van der Waals surface area contributed by atoms with Crippen LogP contribution in [0.5, 0.6) is 5.75 Å². The van der Waals surface area contributed by atoms with E-state index in [1.54, 1.807) is 18.0 Å². The monoisotopic (exact) mass is 382 g/mol. The van der Waals surface area contributed by atoms with Crippen molar-refractivity contribution in [3.05, 3.63) is 41.7 Å². The van der Waals surface area contributed by atoms with Crippen LogP contribution in [0, 0.1) is 12.8 Å². The largest absolute Gasteiger partial charge is 0.497 e. The third kappa shape index (κ3) is 3.78. The normalized spacial score (nSPS) is 22.5. The molecule has 0 bridgehead atoms. The number of amides is 1. The van der Waals surface area contributed by atoms with Gasteiger partial charge in [0.2, 0.25) is 0 Å². The highest BCUT2D eigenvalue weighted by Gasteiger charge is 2.33. The van der Waals surface area contributed by atoms with Gasteiger partial charge < -0.3 is 15.0 Å². The van der Waals surface area contributed by atoms with Crippen molar-refractivity contribution in [1.29, 1.82) is 0 Å². The fourth-order valence-electron chi connectivity index (χ4n) is 4.75. The molecule has 1 N–H and O–H groups in total. The van der Waals surface area contributed by atoms with Crippen LogP contribution in [-0.2, 0) is 0 Å². The topological polar surface area (TPSA) is 59.4 Å². The summed E-state index contributed by atoms with van der Waals surface area (Å²) in [5.74, 6) is 1.34. The molecule has 4 rings (SSSR count). The van der Waals surface area contributed by atoms with Gasteiger partial charge in [-0.1, -0.05) is 6.42 Å². The highest BCUT2D eigenvalue weighted by molar-refractivity contribution is 5.95. The molecule has 0 unspecified atom stereocenters. The van der Waals surface area contributed by atoms with Gasteiger partial charge in [-0.2, -0.15) is 5.10 Å². The summed E-state index contributed by atoms with van der Waals surface area (Å²) in [6.45, 7) is 5.15. The quantitative estimate of drug-likeness (QED) is 0.863. The predicted molar refractivity (Wildman–Crippen MR) is 109 cm³/mol. The molecule has 2 atom stereocenters. The molecule has 2 aliphatic heterocycles. The molecule has 1 aromatic carbocycles. The fourth-order valence-corrected chi connectivity index (χ4v) is 4.75. The summed E-state index contributed by atoms with van der Waals surface area (Å²) in [5.41, 5.74) is 2.42. The van der Waals surface area contributed by atoms with E-state index in [1.165, 1.54) is 45.2 Å². The molecule has 150 valence electrons. The van der Waals surface area contributed by atoms with Crippen molar-refractivity contribution in [3.8, 4) is 11.4 Å². The second-order valence-electron chi connectivity index (χ2n) is 7.96. The smallest absolute Gasteiger partial charge is 0.254 e. The lowest BCUT2D eigenvalue weighted by molar-refractivity contribution is 0.0575. The van der Waals surface area contributed by atoms with Crippen molar-refractivity contribution in [2.45, 2.75) is 45.1 Å². The van der Waals surface area contributed by atoms with Crippen molar-refractivity contribution < 1.29 is 9.53 Å². The molecule has 1 aromatic heterocycles. The zero-order chi connectivity index (χ0) is 19.5. The molecule has 0 aliphatic carbocycles. The molecule has 28 heavy (non-hydrogen) atoms. The van der Waals surface area contributed by atoms with Gasteiger partial charge in [-0.05, 0) is 75.9 Å². The number of rotatable bonds is 5. The first-order valence-electron chi connectivity index (χ1n) is 10.4. The van der Waals surface area contributed by atoms with E-state index in [2.05, 4.69) is 15.3 Å². The molecule has 2 saturated heterocycles. The number of benzene rings is 1. The predicted octanol–water partition coefficient (Wildman–Crippen LogP) is 3.18. The maximum Gasteiger partial charge on any atom is 0.254 e. The zero-order valence-corrected chi connectivity index (χ0v) is 16.9. The van der Waals surface area contributed by atoms with Gasteiger partial charge >= 0.3 is 0 Å². The van der Waals surface area contributed by atoms with E-state index in [0.717, 1.165) is 23.7 Å². The molecule has 2 aromatic rings. The van der Waals surface area contributed by atoms with Crippen molar-refractivity contribution in [2.75, 3.05) is 26.7 Å². The van der Waals surface area contributed by atoms with Crippen LogP contribution in [-0.4, -0.2) is 53.4 Å². The lowest BCUT2D eigenvalue weighted by Gasteiger charge is -2.44. The summed E-state index contributed by atoms with van der Waals surface area (Å²) in [5, 5.41) is 7.62. The Kier molecular flexibility index (Phi) is 5.67. The number of carbonyl (C=O) groups is 1. The molecule has 6 nitrogen and oxygen atoms in total. The minimum Gasteiger partial charge on any atom is -0.497 e. The first-order valence-corrected chi connectivity index (χ1v) is 10.4. The highest BCUT2D eigenvalue weighted by Crippen LogP contribution is 2.30. The summed E-state index contributed by atoms with van der Waals surface area (Å²) in [7, 11) is 1.65. The molecule has 6 heteroatoms. The molecule has 2 aliphatic rings. The minimum absolute atomic E-state index is 0.0230. The van der Waals surface area contributed by atoms with Gasteiger partial charge in [-0.15, -0.1) is 0 Å². The van der Waals surface area contributed by atoms with Gasteiger partial charge in [-0.25, -0.2) is 4.68 Å². The molecular formula is C22H30N4O2. The maximum absolute atomic E-state index is 12.8. The van der Waals surface area contributed by atoms with Crippen molar-refractivity contribution in [1.82, 2.24) is 20.0 Å². The molecule has 2 fully saturated rings. The highest BCUT2D eigenvalue weighted by atomic mass is 16.5. The summed E-state index contributed by atoms with van der Waals surface area (Å²) in [4.78, 5) is 15.5. The number of nitrogens with one attached hydrogen (secondary N) is 1. The number of piperidine rings is 2. The number of aromatic nitrogens is 2. The Balaban J connectivity index is 1.41. The van der Waals surface area contributed by atoms with Crippen molar-refractivity contribution in [3.63, 3.8) is 0 Å². The molecular weight excluding hydrogens is 352 g/mol. The minimum atomic E-state index is -0.0230. The van der Waals surface area contributed by atoms with E-state index in [0.29, 0.717) is 17.5 Å². The summed E-state index contributed by atoms with van der Waals surface area (Å²) < 4.78 is 7.01. The van der Waals surface area contributed by atoms with Crippen molar-refractivity contribution >= 4 is 5.91 Å². The van der Waals surface area contributed by atoms with Crippen LogP contribution in [0.3, 0.4) is 0 Å². The van der Waals surface area contributed by atoms with Crippen LogP contribution in [0.2, 0.25) is 0 Å². The summed E-state index contributed by atoms with van der Waals surface area (Å²) in [6.07, 6.45) is 8.04. The standard InChI is InChI=1S/C22H30N4O2/c1-16-20(15-24-26(16)18-8-10-19(28-2)11-9-18)22(27)23-14-17-6-5-13-25-12-4-3-7-21(17)25/h8-11,15,17,21H,3-7,12-14H2,1-2H3,(H,23,27)/t17-,21+/m1/s1. The van der Waals surface area contributed by atoms with Gasteiger partial charge in [-0.3, -0.25) is 4.79 Å². The van der Waals surface area contributed by atoms with E-state index >= 15 is 0 Å².